The molecule has 17 heavy (non-hydrogen) atoms. The number of ether oxygens (including phenoxy) is 1. The van der Waals surface area contributed by atoms with Crippen LogP contribution in [0.5, 0.6) is 0 Å². The molecule has 4 nitrogen and oxygen atoms in total. The summed E-state index contributed by atoms with van der Waals surface area (Å²) < 4.78 is 5.99. The molecule has 0 amide bonds. The summed E-state index contributed by atoms with van der Waals surface area (Å²) in [6, 6.07) is 7.35. The highest BCUT2D eigenvalue weighted by molar-refractivity contribution is 9.10. The Kier molecular flexibility index (Phi) is 5.11. The van der Waals surface area contributed by atoms with Gasteiger partial charge in [-0.3, -0.25) is 4.79 Å². The van der Waals surface area contributed by atoms with E-state index in [4.69, 9.17) is 14.9 Å². The molecule has 0 bridgehead atoms. The van der Waals surface area contributed by atoms with E-state index in [1.807, 2.05) is 24.3 Å². The zero-order chi connectivity index (χ0) is 12.9. The molecule has 2 N–H and O–H groups in total. The number of hydrogen-bond acceptors (Lipinski definition) is 4. The Bertz CT molecular complexity index is 371. The molecular weight excluding hydrogens is 288 g/mol. The Morgan fingerprint density at radius 3 is 2.29 bits per heavy atom. The van der Waals surface area contributed by atoms with Crippen molar-refractivity contribution >= 4 is 21.9 Å². The van der Waals surface area contributed by atoms with Gasteiger partial charge in [0.2, 0.25) is 0 Å². The Balaban J connectivity index is 2.56. The Morgan fingerprint density at radius 1 is 1.29 bits per heavy atom. The fourth-order valence-corrected chi connectivity index (χ4v) is 1.35. The predicted molar refractivity (Wildman–Crippen MR) is 66.2 cm³/mol. The highest BCUT2D eigenvalue weighted by atomic mass is 79.9. The first-order valence-electron chi connectivity index (χ1n) is 5.15. The highest BCUT2D eigenvalue weighted by Crippen LogP contribution is 2.18. The molecule has 1 rings (SSSR count). The lowest BCUT2D eigenvalue weighted by Crippen LogP contribution is -2.36. The minimum absolute atomic E-state index is 0.127. The lowest BCUT2D eigenvalue weighted by molar-refractivity contribution is -0.161. The maximum Gasteiger partial charge on any atom is 0.316 e. The van der Waals surface area contributed by atoms with Crippen LogP contribution in [0.15, 0.2) is 28.7 Å². The standard InChI is InChI=1S/C12H15BrO4/c1-12(7-14,8-15)11(16)17-6-9-2-4-10(13)5-3-9/h2-5,14-15H,6-8H2,1H3. The van der Waals surface area contributed by atoms with Gasteiger partial charge in [-0.1, -0.05) is 28.1 Å². The molecule has 0 aliphatic rings. The number of hydrogen-bond donors (Lipinski definition) is 2. The van der Waals surface area contributed by atoms with E-state index in [1.54, 1.807) is 0 Å². The number of rotatable bonds is 5. The van der Waals surface area contributed by atoms with Gasteiger partial charge in [-0.15, -0.1) is 0 Å². The largest absolute Gasteiger partial charge is 0.460 e. The molecule has 0 saturated heterocycles. The van der Waals surface area contributed by atoms with Crippen LogP contribution in [0.3, 0.4) is 0 Å². The van der Waals surface area contributed by atoms with Crippen molar-refractivity contribution in [3.8, 4) is 0 Å². The van der Waals surface area contributed by atoms with Crippen molar-refractivity contribution in [3.05, 3.63) is 34.3 Å². The molecule has 0 fully saturated rings. The molecule has 0 aromatic heterocycles. The number of halogens is 1. The van der Waals surface area contributed by atoms with Crippen LogP contribution in [-0.2, 0) is 16.1 Å². The summed E-state index contributed by atoms with van der Waals surface area (Å²) in [7, 11) is 0. The molecule has 0 unspecified atom stereocenters. The molecule has 0 spiro atoms. The van der Waals surface area contributed by atoms with E-state index in [2.05, 4.69) is 15.9 Å². The lowest BCUT2D eigenvalue weighted by Gasteiger charge is -2.22. The average molecular weight is 303 g/mol. The van der Waals surface area contributed by atoms with Gasteiger partial charge in [-0.2, -0.15) is 0 Å². The van der Waals surface area contributed by atoms with Gasteiger partial charge in [-0.05, 0) is 24.6 Å². The van der Waals surface area contributed by atoms with Gasteiger partial charge in [0, 0.05) is 4.47 Å². The van der Waals surface area contributed by atoms with Gasteiger partial charge >= 0.3 is 5.97 Å². The van der Waals surface area contributed by atoms with Crippen LogP contribution in [0.1, 0.15) is 12.5 Å². The van der Waals surface area contributed by atoms with Gasteiger partial charge in [-0.25, -0.2) is 0 Å². The first-order valence-corrected chi connectivity index (χ1v) is 5.94. The fraction of sp³-hybridized carbons (Fsp3) is 0.417. The van der Waals surface area contributed by atoms with Crippen LogP contribution in [0, 0.1) is 5.41 Å². The van der Waals surface area contributed by atoms with E-state index < -0.39 is 24.6 Å². The molecule has 1 aromatic carbocycles. The normalized spacial score (nSPS) is 11.3. The zero-order valence-electron chi connectivity index (χ0n) is 9.52. The van der Waals surface area contributed by atoms with E-state index in [-0.39, 0.29) is 6.61 Å². The average Bonchev–Trinajstić information content (AvgIpc) is 2.36. The van der Waals surface area contributed by atoms with Crippen molar-refractivity contribution < 1.29 is 19.7 Å². The van der Waals surface area contributed by atoms with Crippen molar-refractivity contribution in [2.75, 3.05) is 13.2 Å². The molecular formula is C12H15BrO4. The van der Waals surface area contributed by atoms with Crippen LogP contribution >= 0.6 is 15.9 Å². The maximum absolute atomic E-state index is 11.6. The zero-order valence-corrected chi connectivity index (χ0v) is 11.1. The molecule has 1 aromatic rings. The summed E-state index contributed by atoms with van der Waals surface area (Å²) in [5.41, 5.74) is -0.394. The van der Waals surface area contributed by atoms with Crippen LogP contribution in [0.2, 0.25) is 0 Å². The molecule has 0 radical (unpaired) electrons. The topological polar surface area (TPSA) is 66.8 Å². The van der Waals surface area contributed by atoms with E-state index in [0.29, 0.717) is 0 Å². The minimum Gasteiger partial charge on any atom is -0.460 e. The minimum atomic E-state index is -1.24. The van der Waals surface area contributed by atoms with Crippen molar-refractivity contribution in [2.24, 2.45) is 5.41 Å². The Morgan fingerprint density at radius 2 is 1.82 bits per heavy atom. The first-order chi connectivity index (χ1) is 8.01. The molecule has 0 saturated carbocycles. The fourth-order valence-electron chi connectivity index (χ4n) is 1.08. The van der Waals surface area contributed by atoms with Crippen LogP contribution in [0.4, 0.5) is 0 Å². The predicted octanol–water partition coefficient (Wildman–Crippen LogP) is 1.48. The van der Waals surface area contributed by atoms with Gasteiger partial charge in [0.25, 0.3) is 0 Å². The van der Waals surface area contributed by atoms with E-state index in [0.717, 1.165) is 10.0 Å². The number of carbonyl (C=O) groups excluding carboxylic acids is 1. The third-order valence-electron chi connectivity index (χ3n) is 2.47. The van der Waals surface area contributed by atoms with Crippen molar-refractivity contribution in [2.45, 2.75) is 13.5 Å². The lowest BCUT2D eigenvalue weighted by atomic mass is 9.93. The van der Waals surface area contributed by atoms with E-state index in [1.165, 1.54) is 6.92 Å². The first kappa shape index (κ1) is 14.2. The van der Waals surface area contributed by atoms with Gasteiger partial charge in [0.15, 0.2) is 0 Å². The van der Waals surface area contributed by atoms with Crippen molar-refractivity contribution in [1.29, 1.82) is 0 Å². The van der Waals surface area contributed by atoms with Gasteiger partial charge < -0.3 is 14.9 Å². The number of benzene rings is 1. The number of esters is 1. The smallest absolute Gasteiger partial charge is 0.316 e. The number of carbonyl (C=O) groups is 1. The summed E-state index contributed by atoms with van der Waals surface area (Å²) in [5.74, 6) is -0.606. The SMILES string of the molecule is CC(CO)(CO)C(=O)OCc1ccc(Br)cc1. The van der Waals surface area contributed by atoms with Gasteiger partial charge in [0.1, 0.15) is 12.0 Å². The third-order valence-corrected chi connectivity index (χ3v) is 3.00. The Hall–Kier alpha value is -0.910. The molecule has 0 heterocycles. The summed E-state index contributed by atoms with van der Waals surface area (Å²) in [5, 5.41) is 18.0. The van der Waals surface area contributed by atoms with Crippen LogP contribution in [-0.4, -0.2) is 29.4 Å². The quantitative estimate of drug-likeness (QED) is 0.809. The molecule has 94 valence electrons. The number of aliphatic hydroxyl groups is 2. The highest BCUT2D eigenvalue weighted by Gasteiger charge is 2.33. The summed E-state index contributed by atoms with van der Waals surface area (Å²) in [6.45, 7) is 0.698. The maximum atomic E-state index is 11.6. The summed E-state index contributed by atoms with van der Waals surface area (Å²) >= 11 is 3.31. The van der Waals surface area contributed by atoms with E-state index in [9.17, 15) is 4.79 Å². The Labute approximate surface area is 108 Å². The molecule has 0 atom stereocenters. The number of aliphatic hydroxyl groups excluding tert-OH is 2. The molecule has 5 heteroatoms. The van der Waals surface area contributed by atoms with Gasteiger partial charge in [0.05, 0.1) is 13.2 Å². The van der Waals surface area contributed by atoms with Crippen LogP contribution in [0.25, 0.3) is 0 Å². The van der Waals surface area contributed by atoms with E-state index >= 15 is 0 Å². The summed E-state index contributed by atoms with van der Waals surface area (Å²) in [6.07, 6.45) is 0. The van der Waals surface area contributed by atoms with Crippen LogP contribution < -0.4 is 0 Å². The van der Waals surface area contributed by atoms with Crippen molar-refractivity contribution in [3.63, 3.8) is 0 Å². The molecule has 0 aliphatic heterocycles. The second-order valence-corrected chi connectivity index (χ2v) is 5.00. The molecule has 0 aliphatic carbocycles. The second kappa shape index (κ2) is 6.14. The summed E-state index contributed by atoms with van der Waals surface area (Å²) in [4.78, 5) is 11.6. The monoisotopic (exact) mass is 302 g/mol. The van der Waals surface area contributed by atoms with Crippen molar-refractivity contribution in [1.82, 2.24) is 0 Å². The third kappa shape index (κ3) is 3.80. The second-order valence-electron chi connectivity index (χ2n) is 4.08.